The Kier molecular flexibility index (Phi) is 3.87. The first kappa shape index (κ1) is 12.9. The first-order valence-electron chi connectivity index (χ1n) is 5.57. The minimum Gasteiger partial charge on any atom is -0.389 e. The lowest BCUT2D eigenvalue weighted by Gasteiger charge is -2.22. The Bertz CT molecular complexity index is 371. The molecular weight excluding hydrogens is 200 g/mol. The lowest BCUT2D eigenvalue weighted by molar-refractivity contribution is -0.121. The molecule has 0 radical (unpaired) electrons. The maximum absolute atomic E-state index is 11.0. The highest BCUT2D eigenvalue weighted by Crippen LogP contribution is 2.19. The predicted molar refractivity (Wildman–Crippen MR) is 65.5 cm³/mol. The molecule has 0 fully saturated rings. The van der Waals surface area contributed by atoms with Crippen molar-refractivity contribution in [2.24, 2.45) is 0 Å². The van der Waals surface area contributed by atoms with E-state index in [2.05, 4.69) is 18.2 Å². The van der Waals surface area contributed by atoms with Crippen LogP contribution in [0.1, 0.15) is 37.0 Å². The Morgan fingerprint density at radius 1 is 1.25 bits per heavy atom. The van der Waals surface area contributed by atoms with Gasteiger partial charge in [-0.15, -0.1) is 0 Å². The van der Waals surface area contributed by atoms with E-state index in [0.29, 0.717) is 6.42 Å². The summed E-state index contributed by atoms with van der Waals surface area (Å²) in [5, 5.41) is 10.1. The molecule has 0 amide bonds. The van der Waals surface area contributed by atoms with Crippen molar-refractivity contribution >= 4 is 5.78 Å². The smallest absolute Gasteiger partial charge is 0.132 e. The molecule has 88 valence electrons. The SMILES string of the molecule is CC(=O)CC(C)(O)Cc1cc(C)cc(C)c1. The van der Waals surface area contributed by atoms with Crippen LogP contribution in [0.5, 0.6) is 0 Å². The lowest BCUT2D eigenvalue weighted by Crippen LogP contribution is -2.29. The van der Waals surface area contributed by atoms with Gasteiger partial charge >= 0.3 is 0 Å². The summed E-state index contributed by atoms with van der Waals surface area (Å²) in [5.41, 5.74) is 2.53. The fourth-order valence-electron chi connectivity index (χ4n) is 2.21. The summed E-state index contributed by atoms with van der Waals surface area (Å²) < 4.78 is 0. The molecular formula is C14H20O2. The number of aliphatic hydroxyl groups is 1. The Labute approximate surface area is 97.3 Å². The minimum absolute atomic E-state index is 0.0226. The highest BCUT2D eigenvalue weighted by molar-refractivity contribution is 5.76. The number of hydrogen-bond donors (Lipinski definition) is 1. The van der Waals surface area contributed by atoms with Gasteiger partial charge in [0, 0.05) is 12.8 Å². The number of carbonyl (C=O) groups is 1. The van der Waals surface area contributed by atoms with Gasteiger partial charge in [0.15, 0.2) is 0 Å². The van der Waals surface area contributed by atoms with Crippen LogP contribution < -0.4 is 0 Å². The van der Waals surface area contributed by atoms with Crippen LogP contribution in [-0.2, 0) is 11.2 Å². The van der Waals surface area contributed by atoms with E-state index in [-0.39, 0.29) is 12.2 Å². The van der Waals surface area contributed by atoms with E-state index in [0.717, 1.165) is 5.56 Å². The van der Waals surface area contributed by atoms with Gasteiger partial charge in [-0.25, -0.2) is 0 Å². The van der Waals surface area contributed by atoms with E-state index >= 15 is 0 Å². The largest absolute Gasteiger partial charge is 0.389 e. The summed E-state index contributed by atoms with van der Waals surface area (Å²) in [5.74, 6) is 0.0226. The molecule has 0 bridgehead atoms. The van der Waals surface area contributed by atoms with Crippen LogP contribution in [0.4, 0.5) is 0 Å². The van der Waals surface area contributed by atoms with Crippen LogP contribution in [0, 0.1) is 13.8 Å². The summed E-state index contributed by atoms with van der Waals surface area (Å²) in [6, 6.07) is 6.21. The average molecular weight is 220 g/mol. The van der Waals surface area contributed by atoms with Gasteiger partial charge in [-0.3, -0.25) is 4.79 Å². The van der Waals surface area contributed by atoms with Crippen molar-refractivity contribution in [1.29, 1.82) is 0 Å². The topological polar surface area (TPSA) is 37.3 Å². The average Bonchev–Trinajstić information content (AvgIpc) is 1.95. The van der Waals surface area contributed by atoms with Gasteiger partial charge in [0.2, 0.25) is 0 Å². The zero-order valence-electron chi connectivity index (χ0n) is 10.5. The molecule has 0 aromatic heterocycles. The molecule has 1 atom stereocenters. The van der Waals surface area contributed by atoms with Gasteiger partial charge in [-0.2, -0.15) is 0 Å². The number of hydrogen-bond acceptors (Lipinski definition) is 2. The van der Waals surface area contributed by atoms with Crippen molar-refractivity contribution in [3.63, 3.8) is 0 Å². The van der Waals surface area contributed by atoms with E-state index in [1.807, 2.05) is 13.8 Å². The molecule has 1 rings (SSSR count). The van der Waals surface area contributed by atoms with E-state index in [1.54, 1.807) is 6.92 Å². The maximum Gasteiger partial charge on any atom is 0.132 e. The molecule has 0 aliphatic heterocycles. The van der Waals surface area contributed by atoms with Crippen molar-refractivity contribution in [1.82, 2.24) is 0 Å². The second-order valence-electron chi connectivity index (χ2n) is 5.05. The molecule has 2 heteroatoms. The second kappa shape index (κ2) is 4.79. The van der Waals surface area contributed by atoms with Gasteiger partial charge < -0.3 is 5.11 Å². The van der Waals surface area contributed by atoms with Crippen molar-refractivity contribution in [2.75, 3.05) is 0 Å². The van der Waals surface area contributed by atoms with E-state index < -0.39 is 5.60 Å². The Hall–Kier alpha value is -1.15. The van der Waals surface area contributed by atoms with Gasteiger partial charge in [0.05, 0.1) is 5.60 Å². The van der Waals surface area contributed by atoms with E-state index in [1.165, 1.54) is 18.1 Å². The Morgan fingerprint density at radius 3 is 2.19 bits per heavy atom. The van der Waals surface area contributed by atoms with Crippen LogP contribution in [-0.4, -0.2) is 16.5 Å². The van der Waals surface area contributed by atoms with Crippen LogP contribution in [0.2, 0.25) is 0 Å². The third-order valence-corrected chi connectivity index (χ3v) is 2.50. The predicted octanol–water partition coefficient (Wildman–Crippen LogP) is 2.58. The number of aryl methyl sites for hydroxylation is 2. The number of Topliss-reactive ketones (excluding diaryl/α,β-unsaturated/α-hetero) is 1. The molecule has 2 nitrogen and oxygen atoms in total. The van der Waals surface area contributed by atoms with E-state index in [4.69, 9.17) is 0 Å². The molecule has 0 aliphatic rings. The first-order valence-corrected chi connectivity index (χ1v) is 5.57. The van der Waals surface area contributed by atoms with Crippen molar-refractivity contribution in [2.45, 2.75) is 46.1 Å². The third-order valence-electron chi connectivity index (χ3n) is 2.50. The van der Waals surface area contributed by atoms with Crippen molar-refractivity contribution < 1.29 is 9.90 Å². The highest BCUT2D eigenvalue weighted by Gasteiger charge is 2.22. The van der Waals surface area contributed by atoms with Crippen LogP contribution in [0.3, 0.4) is 0 Å². The number of carbonyl (C=O) groups excluding carboxylic acids is 1. The highest BCUT2D eigenvalue weighted by atomic mass is 16.3. The normalized spacial score (nSPS) is 14.6. The molecule has 1 unspecified atom stereocenters. The van der Waals surface area contributed by atoms with Gasteiger partial charge in [0.25, 0.3) is 0 Å². The minimum atomic E-state index is -0.938. The summed E-state index contributed by atoms with van der Waals surface area (Å²) in [6.45, 7) is 7.30. The van der Waals surface area contributed by atoms with E-state index in [9.17, 15) is 9.90 Å². The van der Waals surface area contributed by atoms with Crippen molar-refractivity contribution in [3.8, 4) is 0 Å². The molecule has 0 heterocycles. The standard InChI is InChI=1S/C14H20O2/c1-10-5-11(2)7-13(6-10)9-14(4,16)8-12(3)15/h5-7,16H,8-9H2,1-4H3. The zero-order valence-corrected chi connectivity index (χ0v) is 10.5. The summed E-state index contributed by atoms with van der Waals surface area (Å²) in [4.78, 5) is 11.0. The molecule has 0 saturated carbocycles. The summed E-state index contributed by atoms with van der Waals surface area (Å²) >= 11 is 0. The van der Waals surface area contributed by atoms with Crippen molar-refractivity contribution in [3.05, 3.63) is 34.9 Å². The maximum atomic E-state index is 11.0. The molecule has 0 spiro atoms. The Balaban J connectivity index is 2.83. The molecule has 0 aliphatic carbocycles. The fourth-order valence-corrected chi connectivity index (χ4v) is 2.21. The fraction of sp³-hybridized carbons (Fsp3) is 0.500. The number of benzene rings is 1. The molecule has 1 aromatic carbocycles. The second-order valence-corrected chi connectivity index (χ2v) is 5.05. The quantitative estimate of drug-likeness (QED) is 0.846. The summed E-state index contributed by atoms with van der Waals surface area (Å²) in [6.07, 6.45) is 0.731. The van der Waals surface area contributed by atoms with Gasteiger partial charge in [-0.1, -0.05) is 29.3 Å². The molecule has 0 saturated heterocycles. The first-order chi connectivity index (χ1) is 7.28. The number of ketones is 1. The number of rotatable bonds is 4. The Morgan fingerprint density at radius 2 is 1.75 bits per heavy atom. The van der Waals surface area contributed by atoms with Gasteiger partial charge in [-0.05, 0) is 33.3 Å². The lowest BCUT2D eigenvalue weighted by atomic mass is 9.90. The zero-order chi connectivity index (χ0) is 12.3. The molecule has 1 N–H and O–H groups in total. The molecule has 1 aromatic rings. The monoisotopic (exact) mass is 220 g/mol. The van der Waals surface area contributed by atoms with Crippen LogP contribution >= 0.6 is 0 Å². The van der Waals surface area contributed by atoms with Crippen LogP contribution in [0.25, 0.3) is 0 Å². The van der Waals surface area contributed by atoms with Crippen LogP contribution in [0.15, 0.2) is 18.2 Å². The van der Waals surface area contributed by atoms with Gasteiger partial charge in [0.1, 0.15) is 5.78 Å². The third kappa shape index (κ3) is 4.15. The summed E-state index contributed by atoms with van der Waals surface area (Å²) in [7, 11) is 0. The molecule has 16 heavy (non-hydrogen) atoms.